The van der Waals surface area contributed by atoms with E-state index in [1.54, 1.807) is 0 Å². The molecule has 0 aromatic carbocycles. The van der Waals surface area contributed by atoms with Crippen molar-refractivity contribution < 1.29 is 33.7 Å². The molecule has 31 heavy (non-hydrogen) atoms. The van der Waals surface area contributed by atoms with Crippen LogP contribution in [0.4, 0.5) is 0 Å². The summed E-state index contributed by atoms with van der Waals surface area (Å²) in [6.45, 7) is 4.05. The van der Waals surface area contributed by atoms with Crippen molar-refractivity contribution in [2.45, 2.75) is 97.3 Å². The number of hydrogen-bond acceptors (Lipinski definition) is 8. The molecular weight excluding hydrogens is 484 g/mol. The second-order valence-electron chi connectivity index (χ2n) is 7.94. The van der Waals surface area contributed by atoms with Gasteiger partial charge in [0.1, 0.15) is 0 Å². The fourth-order valence-electron chi connectivity index (χ4n) is 3.01. The van der Waals surface area contributed by atoms with Crippen LogP contribution in [0, 0.1) is 0 Å². The maximum atomic E-state index is 12.1. The molecular formula is C19H40O8S4. The first kappa shape index (κ1) is 30.8. The molecule has 188 valence electrons. The highest BCUT2D eigenvalue weighted by molar-refractivity contribution is 8.67. The fourth-order valence-corrected chi connectivity index (χ4v) is 10.7. The Labute approximate surface area is 189 Å². The van der Waals surface area contributed by atoms with E-state index in [4.69, 9.17) is 0 Å². The molecule has 0 saturated carbocycles. The smallest absolute Gasteiger partial charge is 0.213 e. The summed E-state index contributed by atoms with van der Waals surface area (Å²) in [6.07, 6.45) is 7.68. The average Bonchev–Trinajstić information content (AvgIpc) is 2.66. The van der Waals surface area contributed by atoms with Crippen LogP contribution in [0.3, 0.4) is 0 Å². The molecule has 0 aromatic heterocycles. The van der Waals surface area contributed by atoms with Gasteiger partial charge >= 0.3 is 0 Å². The Morgan fingerprint density at radius 1 is 0.323 bits per heavy atom. The van der Waals surface area contributed by atoms with Gasteiger partial charge in [-0.15, -0.1) is 0 Å². The molecule has 0 aromatic rings. The van der Waals surface area contributed by atoms with Crippen molar-refractivity contribution >= 4 is 35.5 Å². The van der Waals surface area contributed by atoms with Crippen molar-refractivity contribution in [3.63, 3.8) is 0 Å². The van der Waals surface area contributed by atoms with Crippen molar-refractivity contribution in [2.75, 3.05) is 23.0 Å². The molecule has 8 nitrogen and oxygen atoms in total. The molecule has 0 aliphatic rings. The van der Waals surface area contributed by atoms with E-state index in [1.807, 2.05) is 13.8 Å². The second kappa shape index (κ2) is 14.8. The van der Waals surface area contributed by atoms with Gasteiger partial charge in [0, 0.05) is 0 Å². The molecule has 0 fully saturated rings. The normalized spacial score (nSPS) is 13.5. The van der Waals surface area contributed by atoms with Crippen molar-refractivity contribution in [1.29, 1.82) is 0 Å². The zero-order valence-electron chi connectivity index (χ0n) is 18.9. The van der Waals surface area contributed by atoms with Gasteiger partial charge in [0.05, 0.1) is 23.0 Å². The molecule has 0 rings (SSSR count). The number of hydrogen-bond donors (Lipinski definition) is 0. The zero-order valence-corrected chi connectivity index (χ0v) is 22.2. The minimum absolute atomic E-state index is 0.0238. The summed E-state index contributed by atoms with van der Waals surface area (Å²) in [5.74, 6) is -1.95. The van der Waals surface area contributed by atoms with E-state index < -0.39 is 58.5 Å². The van der Waals surface area contributed by atoms with Gasteiger partial charge in [-0.3, -0.25) is 0 Å². The van der Waals surface area contributed by atoms with E-state index in [-0.39, 0.29) is 19.3 Å². The largest absolute Gasteiger partial charge is 0.253 e. The lowest BCUT2D eigenvalue weighted by Gasteiger charge is -2.08. The summed E-state index contributed by atoms with van der Waals surface area (Å²) in [5, 5.41) is 0. The van der Waals surface area contributed by atoms with Gasteiger partial charge in [-0.05, 0) is 25.7 Å². The lowest BCUT2D eigenvalue weighted by Crippen LogP contribution is -2.23. The maximum absolute atomic E-state index is 12.1. The SMILES string of the molecule is CCCCCCCS(=O)(=O)S(=O)(=O)CCCCCS(=O)(=O)S(=O)(=O)CCCCCCC. The standard InChI is InChI=1S/C19H40O8S4/c1-3-5-7-9-12-16-28(20,21)30(24,25)18-14-11-15-19-31(26,27)29(22,23)17-13-10-8-6-4-2/h3-19H2,1-2H3. The van der Waals surface area contributed by atoms with E-state index in [9.17, 15) is 33.7 Å². The fraction of sp³-hybridized carbons (Fsp3) is 1.00. The summed E-state index contributed by atoms with van der Waals surface area (Å²) in [5.41, 5.74) is 0. The zero-order chi connectivity index (χ0) is 24.0. The number of unbranched alkanes of at least 4 members (excludes halogenated alkanes) is 10. The van der Waals surface area contributed by atoms with E-state index in [1.165, 1.54) is 0 Å². The van der Waals surface area contributed by atoms with E-state index in [0.29, 0.717) is 25.7 Å². The molecule has 0 aliphatic carbocycles. The Balaban J connectivity index is 4.40. The molecule has 12 heteroatoms. The first-order chi connectivity index (χ1) is 14.3. The first-order valence-electron chi connectivity index (χ1n) is 11.2. The highest BCUT2D eigenvalue weighted by Crippen LogP contribution is 2.15. The predicted octanol–water partition coefficient (Wildman–Crippen LogP) is 3.59. The van der Waals surface area contributed by atoms with Gasteiger partial charge in [-0.25, -0.2) is 33.7 Å². The molecule has 0 amide bonds. The molecule has 0 bridgehead atoms. The Morgan fingerprint density at radius 2 is 0.516 bits per heavy atom. The van der Waals surface area contributed by atoms with Crippen molar-refractivity contribution in [2.24, 2.45) is 0 Å². The van der Waals surface area contributed by atoms with Crippen LogP contribution in [-0.2, 0) is 35.5 Å². The van der Waals surface area contributed by atoms with Gasteiger partial charge in [-0.2, -0.15) is 0 Å². The lowest BCUT2D eigenvalue weighted by atomic mass is 10.2. The topological polar surface area (TPSA) is 137 Å². The van der Waals surface area contributed by atoms with Crippen LogP contribution in [0.15, 0.2) is 0 Å². The van der Waals surface area contributed by atoms with Crippen LogP contribution < -0.4 is 0 Å². The first-order valence-corrected chi connectivity index (χ1v) is 18.9. The van der Waals surface area contributed by atoms with Crippen molar-refractivity contribution in [3.05, 3.63) is 0 Å². The van der Waals surface area contributed by atoms with Gasteiger partial charge in [0.15, 0.2) is 0 Å². The van der Waals surface area contributed by atoms with Gasteiger partial charge < -0.3 is 0 Å². The van der Waals surface area contributed by atoms with Crippen molar-refractivity contribution in [3.8, 4) is 0 Å². The number of rotatable bonds is 20. The summed E-state index contributed by atoms with van der Waals surface area (Å²) in [6, 6.07) is 0. The molecule has 0 aliphatic heterocycles. The highest BCUT2D eigenvalue weighted by Gasteiger charge is 2.30. The minimum atomic E-state index is -4.31. The van der Waals surface area contributed by atoms with Gasteiger partial charge in [-0.1, -0.05) is 71.6 Å². The maximum Gasteiger partial charge on any atom is 0.253 e. The van der Waals surface area contributed by atoms with Gasteiger partial charge in [0.2, 0.25) is 0 Å². The van der Waals surface area contributed by atoms with Crippen LogP contribution >= 0.6 is 0 Å². The van der Waals surface area contributed by atoms with Crippen molar-refractivity contribution in [1.82, 2.24) is 0 Å². The molecule has 0 radical (unpaired) electrons. The summed E-state index contributed by atoms with van der Waals surface area (Å²) in [7, 11) is -17.1. The highest BCUT2D eigenvalue weighted by atomic mass is 33.2. The van der Waals surface area contributed by atoms with Crippen LogP contribution in [-0.4, -0.2) is 56.7 Å². The Bertz CT molecular complexity index is 826. The Kier molecular flexibility index (Phi) is 14.8. The minimum Gasteiger partial charge on any atom is -0.213 e. The van der Waals surface area contributed by atoms with E-state index in [2.05, 4.69) is 0 Å². The summed E-state index contributed by atoms with van der Waals surface area (Å²) >= 11 is 0. The molecule has 0 saturated heterocycles. The third kappa shape index (κ3) is 12.0. The van der Waals surface area contributed by atoms with E-state index in [0.717, 1.165) is 38.5 Å². The molecule has 0 unspecified atom stereocenters. The second-order valence-corrected chi connectivity index (χ2v) is 20.1. The molecule has 0 atom stereocenters. The lowest BCUT2D eigenvalue weighted by molar-refractivity contribution is 0.572. The third-order valence-electron chi connectivity index (χ3n) is 5.06. The van der Waals surface area contributed by atoms with Crippen LogP contribution in [0.1, 0.15) is 97.3 Å². The summed E-state index contributed by atoms with van der Waals surface area (Å²) in [4.78, 5) is 0. The van der Waals surface area contributed by atoms with Gasteiger partial charge in [0.25, 0.3) is 35.5 Å². The quantitative estimate of drug-likeness (QED) is 0.174. The molecule has 0 heterocycles. The molecule has 0 spiro atoms. The monoisotopic (exact) mass is 524 g/mol. The Morgan fingerprint density at radius 3 is 0.742 bits per heavy atom. The average molecular weight is 525 g/mol. The van der Waals surface area contributed by atoms with Crippen LogP contribution in [0.25, 0.3) is 0 Å². The Hall–Kier alpha value is -0.200. The predicted molar refractivity (Wildman–Crippen MR) is 127 cm³/mol. The summed E-state index contributed by atoms with van der Waals surface area (Å²) < 4.78 is 96.5. The molecule has 0 N–H and O–H groups in total. The van der Waals surface area contributed by atoms with Crippen LogP contribution in [0.2, 0.25) is 0 Å². The van der Waals surface area contributed by atoms with Crippen LogP contribution in [0.5, 0.6) is 0 Å². The van der Waals surface area contributed by atoms with E-state index >= 15 is 0 Å². The third-order valence-corrected chi connectivity index (χ3v) is 16.4.